The number of anilines is 1. The van der Waals surface area contributed by atoms with Crippen molar-refractivity contribution in [2.24, 2.45) is 0 Å². The van der Waals surface area contributed by atoms with Gasteiger partial charge < -0.3 is 10.0 Å². The molecule has 0 bridgehead atoms. The third kappa shape index (κ3) is 2.09. The second-order valence-electron chi connectivity index (χ2n) is 5.18. The molecule has 0 aliphatic carbocycles. The highest BCUT2D eigenvalue weighted by Gasteiger charge is 2.45. The van der Waals surface area contributed by atoms with Gasteiger partial charge in [0.2, 0.25) is 0 Å². The summed E-state index contributed by atoms with van der Waals surface area (Å²) in [5.74, 6) is -1.71. The standard InChI is InChI=1S/C13H15FN2O4/c1-8-6-10(11(16(19)20)7-9(8)14)15-5-3-4-13(15,2)12(17)18/h6-7H,3-5H2,1-2H3,(H,17,18). The van der Waals surface area contributed by atoms with Crippen LogP contribution in [0.3, 0.4) is 0 Å². The maximum Gasteiger partial charge on any atom is 0.329 e. The third-order valence-electron chi connectivity index (χ3n) is 3.85. The highest BCUT2D eigenvalue weighted by Crippen LogP contribution is 2.40. The summed E-state index contributed by atoms with van der Waals surface area (Å²) in [7, 11) is 0. The minimum atomic E-state index is -1.20. The number of nitrogens with zero attached hydrogens (tertiary/aromatic N) is 2. The molecule has 6 nitrogen and oxygen atoms in total. The van der Waals surface area contributed by atoms with E-state index in [0.717, 1.165) is 6.07 Å². The minimum Gasteiger partial charge on any atom is -0.480 e. The van der Waals surface area contributed by atoms with Gasteiger partial charge >= 0.3 is 5.97 Å². The van der Waals surface area contributed by atoms with Crippen LogP contribution in [0.15, 0.2) is 12.1 Å². The molecule has 1 aromatic rings. The smallest absolute Gasteiger partial charge is 0.329 e. The molecule has 0 spiro atoms. The number of nitro benzene ring substituents is 1. The van der Waals surface area contributed by atoms with E-state index in [4.69, 9.17) is 0 Å². The van der Waals surface area contributed by atoms with Gasteiger partial charge in [0.05, 0.1) is 11.0 Å². The number of benzene rings is 1. The summed E-state index contributed by atoms with van der Waals surface area (Å²) in [6.07, 6.45) is 1.02. The molecule has 7 heteroatoms. The molecule has 1 aliphatic heterocycles. The van der Waals surface area contributed by atoms with Crippen molar-refractivity contribution in [2.75, 3.05) is 11.4 Å². The highest BCUT2D eigenvalue weighted by atomic mass is 19.1. The van der Waals surface area contributed by atoms with E-state index in [1.54, 1.807) is 0 Å². The number of halogens is 1. The summed E-state index contributed by atoms with van der Waals surface area (Å²) in [6, 6.07) is 2.20. The maximum atomic E-state index is 13.5. The quantitative estimate of drug-likeness (QED) is 0.680. The molecule has 0 saturated carbocycles. The number of aryl methyl sites for hydroxylation is 1. The van der Waals surface area contributed by atoms with Gasteiger partial charge in [-0.2, -0.15) is 0 Å². The van der Waals surface area contributed by atoms with Gasteiger partial charge in [0.1, 0.15) is 17.0 Å². The normalized spacial score (nSPS) is 22.1. The monoisotopic (exact) mass is 282 g/mol. The molecule has 0 radical (unpaired) electrons. The van der Waals surface area contributed by atoms with Gasteiger partial charge in [0.25, 0.3) is 5.69 Å². The van der Waals surface area contributed by atoms with Crippen molar-refractivity contribution in [1.29, 1.82) is 0 Å². The summed E-state index contributed by atoms with van der Waals surface area (Å²) in [5.41, 5.74) is -1.18. The number of carbonyl (C=O) groups is 1. The highest BCUT2D eigenvalue weighted by molar-refractivity contribution is 5.85. The fourth-order valence-corrected chi connectivity index (χ4v) is 2.59. The predicted molar refractivity (Wildman–Crippen MR) is 70.4 cm³/mol. The first-order valence-corrected chi connectivity index (χ1v) is 6.23. The van der Waals surface area contributed by atoms with Gasteiger partial charge in [-0.1, -0.05) is 0 Å². The summed E-state index contributed by atoms with van der Waals surface area (Å²) >= 11 is 0. The molecule has 2 rings (SSSR count). The van der Waals surface area contributed by atoms with E-state index in [1.807, 2.05) is 0 Å². The second kappa shape index (κ2) is 4.73. The number of carboxylic acids is 1. The Kier molecular flexibility index (Phi) is 3.37. The van der Waals surface area contributed by atoms with Crippen LogP contribution in [0.4, 0.5) is 15.8 Å². The Hall–Kier alpha value is -2.18. The topological polar surface area (TPSA) is 83.7 Å². The molecular formula is C13H15FN2O4. The first-order valence-electron chi connectivity index (χ1n) is 6.23. The van der Waals surface area contributed by atoms with Crippen LogP contribution in [-0.2, 0) is 4.79 Å². The lowest BCUT2D eigenvalue weighted by atomic mass is 9.98. The Morgan fingerprint density at radius 1 is 1.55 bits per heavy atom. The molecule has 1 heterocycles. The summed E-state index contributed by atoms with van der Waals surface area (Å²) in [4.78, 5) is 23.3. The number of hydrogen-bond donors (Lipinski definition) is 1. The zero-order valence-electron chi connectivity index (χ0n) is 11.2. The van der Waals surface area contributed by atoms with Crippen LogP contribution in [0.1, 0.15) is 25.3 Å². The largest absolute Gasteiger partial charge is 0.480 e. The molecule has 0 aromatic heterocycles. The van der Waals surface area contributed by atoms with Crippen LogP contribution in [0, 0.1) is 22.9 Å². The van der Waals surface area contributed by atoms with Crippen LogP contribution in [0.5, 0.6) is 0 Å². The van der Waals surface area contributed by atoms with Crippen LogP contribution in [0.2, 0.25) is 0 Å². The summed E-state index contributed by atoms with van der Waals surface area (Å²) < 4.78 is 13.5. The second-order valence-corrected chi connectivity index (χ2v) is 5.18. The van der Waals surface area contributed by atoms with Gasteiger partial charge in [-0.25, -0.2) is 9.18 Å². The van der Waals surface area contributed by atoms with Crippen molar-refractivity contribution in [1.82, 2.24) is 0 Å². The van der Waals surface area contributed by atoms with Crippen LogP contribution < -0.4 is 4.90 Å². The number of rotatable bonds is 3. The van der Waals surface area contributed by atoms with Gasteiger partial charge in [-0.3, -0.25) is 10.1 Å². The van der Waals surface area contributed by atoms with Gasteiger partial charge in [0, 0.05) is 6.54 Å². The molecule has 108 valence electrons. The Bertz CT molecular complexity index is 590. The molecule has 0 amide bonds. The van der Waals surface area contributed by atoms with E-state index < -0.39 is 27.9 Å². The lowest BCUT2D eigenvalue weighted by Crippen LogP contribution is -2.48. The fraction of sp³-hybridized carbons (Fsp3) is 0.462. The molecule has 1 aromatic carbocycles. The number of aliphatic carboxylic acids is 1. The van der Waals surface area contributed by atoms with Gasteiger partial charge in [-0.15, -0.1) is 0 Å². The summed E-state index contributed by atoms with van der Waals surface area (Å²) in [5, 5.41) is 20.5. The van der Waals surface area contributed by atoms with E-state index in [-0.39, 0.29) is 11.3 Å². The van der Waals surface area contributed by atoms with Gasteiger partial charge in [-0.05, 0) is 38.3 Å². The first-order chi connectivity index (χ1) is 9.27. The van der Waals surface area contributed by atoms with Crippen LogP contribution in [0.25, 0.3) is 0 Å². The Balaban J connectivity index is 2.60. The average Bonchev–Trinajstić information content (AvgIpc) is 2.75. The van der Waals surface area contributed by atoms with E-state index in [9.17, 15) is 24.4 Å². The van der Waals surface area contributed by atoms with Crippen molar-refractivity contribution < 1.29 is 19.2 Å². The SMILES string of the molecule is Cc1cc(N2CCCC2(C)C(=O)O)c([N+](=O)[O-])cc1F. The Labute approximate surface area is 115 Å². The molecule has 1 unspecified atom stereocenters. The minimum absolute atomic E-state index is 0.163. The van der Waals surface area contributed by atoms with Crippen LogP contribution >= 0.6 is 0 Å². The molecule has 1 aliphatic rings. The Morgan fingerprint density at radius 2 is 2.20 bits per heavy atom. The lowest BCUT2D eigenvalue weighted by molar-refractivity contribution is -0.384. The first kappa shape index (κ1) is 14.2. The maximum absolute atomic E-state index is 13.5. The van der Waals surface area contributed by atoms with Crippen molar-refractivity contribution in [3.05, 3.63) is 33.6 Å². The zero-order chi connectivity index (χ0) is 15.1. The van der Waals surface area contributed by atoms with Gasteiger partial charge in [0.15, 0.2) is 0 Å². The van der Waals surface area contributed by atoms with E-state index in [2.05, 4.69) is 0 Å². The molecule has 20 heavy (non-hydrogen) atoms. The fourth-order valence-electron chi connectivity index (χ4n) is 2.59. The van der Waals surface area contributed by atoms with Crippen molar-refractivity contribution >= 4 is 17.3 Å². The van der Waals surface area contributed by atoms with Crippen molar-refractivity contribution in [2.45, 2.75) is 32.2 Å². The number of carboxylic acid groups (broad SMARTS) is 1. The molecular weight excluding hydrogens is 267 g/mol. The lowest BCUT2D eigenvalue weighted by Gasteiger charge is -2.32. The average molecular weight is 282 g/mol. The Morgan fingerprint density at radius 3 is 2.75 bits per heavy atom. The molecule has 1 atom stereocenters. The van der Waals surface area contributed by atoms with E-state index in [0.29, 0.717) is 19.4 Å². The van der Waals surface area contributed by atoms with E-state index in [1.165, 1.54) is 24.8 Å². The van der Waals surface area contributed by atoms with Crippen LogP contribution in [-0.4, -0.2) is 28.1 Å². The molecule has 1 fully saturated rings. The third-order valence-corrected chi connectivity index (χ3v) is 3.85. The molecule has 1 saturated heterocycles. The van der Waals surface area contributed by atoms with Crippen molar-refractivity contribution in [3.8, 4) is 0 Å². The zero-order valence-corrected chi connectivity index (χ0v) is 11.2. The predicted octanol–water partition coefficient (Wildman–Crippen LogP) is 2.49. The summed E-state index contributed by atoms with van der Waals surface area (Å²) in [6.45, 7) is 3.43. The molecule has 1 N–H and O–H groups in total. The number of nitro groups is 1. The van der Waals surface area contributed by atoms with Crippen molar-refractivity contribution in [3.63, 3.8) is 0 Å². The number of hydrogen-bond acceptors (Lipinski definition) is 4. The van der Waals surface area contributed by atoms with E-state index >= 15 is 0 Å².